The van der Waals surface area contributed by atoms with Crippen molar-refractivity contribution >= 4 is 0 Å². The van der Waals surface area contributed by atoms with Crippen LogP contribution in [0.3, 0.4) is 0 Å². The number of nitrogens with zero attached hydrogens (tertiary/aromatic N) is 3. The summed E-state index contributed by atoms with van der Waals surface area (Å²) in [4.78, 5) is 2.38. The Hall–Kier alpha value is -0.900. The monoisotopic (exact) mass is 180 g/mol. The average molecular weight is 180 g/mol. The van der Waals surface area contributed by atoms with Gasteiger partial charge in [0.25, 0.3) is 0 Å². The number of hydrogen-bond acceptors (Lipinski definition) is 3. The predicted molar refractivity (Wildman–Crippen MR) is 50.1 cm³/mol. The molecular weight excluding hydrogens is 164 g/mol. The lowest BCUT2D eigenvalue weighted by atomic mass is 10.2. The number of nitrogens with one attached hydrogen (secondary N) is 1. The lowest BCUT2D eigenvalue weighted by molar-refractivity contribution is 0.234. The van der Waals surface area contributed by atoms with Crippen LogP contribution < -0.4 is 0 Å². The van der Waals surface area contributed by atoms with Gasteiger partial charge in [0.2, 0.25) is 0 Å². The van der Waals surface area contributed by atoms with Crippen LogP contribution >= 0.6 is 0 Å². The molecule has 72 valence electrons. The third-order valence-corrected chi connectivity index (χ3v) is 2.82. The molecule has 4 heteroatoms. The maximum absolute atomic E-state index is 4.05. The molecule has 1 saturated carbocycles. The van der Waals surface area contributed by atoms with E-state index < -0.39 is 0 Å². The van der Waals surface area contributed by atoms with E-state index in [0.717, 1.165) is 18.3 Å². The summed E-state index contributed by atoms with van der Waals surface area (Å²) in [6, 6.07) is 0.761. The second-order valence-electron chi connectivity index (χ2n) is 3.81. The molecule has 0 aromatic carbocycles. The van der Waals surface area contributed by atoms with Gasteiger partial charge in [-0.2, -0.15) is 15.4 Å². The fourth-order valence-corrected chi connectivity index (χ4v) is 2.03. The molecule has 1 aliphatic carbocycles. The number of hydrogen-bond donors (Lipinski definition) is 1. The van der Waals surface area contributed by atoms with E-state index in [-0.39, 0.29) is 0 Å². The van der Waals surface area contributed by atoms with E-state index >= 15 is 0 Å². The van der Waals surface area contributed by atoms with Crippen LogP contribution in [0.2, 0.25) is 0 Å². The van der Waals surface area contributed by atoms with E-state index in [2.05, 4.69) is 27.4 Å². The van der Waals surface area contributed by atoms with Gasteiger partial charge in [-0.05, 0) is 19.9 Å². The minimum absolute atomic E-state index is 0.761. The average Bonchev–Trinajstić information content (AvgIpc) is 2.74. The Morgan fingerprint density at radius 1 is 1.54 bits per heavy atom. The molecule has 2 rings (SSSR count). The minimum Gasteiger partial charge on any atom is -0.297 e. The van der Waals surface area contributed by atoms with Crippen LogP contribution in [0, 0.1) is 0 Å². The van der Waals surface area contributed by atoms with Gasteiger partial charge < -0.3 is 0 Å². The first kappa shape index (κ1) is 8.69. The van der Waals surface area contributed by atoms with Crippen LogP contribution in [0.15, 0.2) is 6.20 Å². The molecule has 0 amide bonds. The Kier molecular flexibility index (Phi) is 2.59. The fourth-order valence-electron chi connectivity index (χ4n) is 2.03. The summed E-state index contributed by atoms with van der Waals surface area (Å²) in [5, 5.41) is 10.5. The van der Waals surface area contributed by atoms with Gasteiger partial charge in [-0.25, -0.2) is 0 Å². The largest absolute Gasteiger partial charge is 0.297 e. The van der Waals surface area contributed by atoms with Crippen molar-refractivity contribution in [1.29, 1.82) is 0 Å². The highest BCUT2D eigenvalue weighted by molar-refractivity contribution is 4.91. The molecule has 4 nitrogen and oxygen atoms in total. The Morgan fingerprint density at radius 3 is 2.92 bits per heavy atom. The molecule has 0 saturated heterocycles. The van der Waals surface area contributed by atoms with E-state index in [0.29, 0.717) is 0 Å². The van der Waals surface area contributed by atoms with Gasteiger partial charge in [0.15, 0.2) is 0 Å². The molecule has 0 aliphatic heterocycles. The summed E-state index contributed by atoms with van der Waals surface area (Å²) in [6.45, 7) is 0.918. The van der Waals surface area contributed by atoms with Gasteiger partial charge in [0.1, 0.15) is 0 Å². The van der Waals surface area contributed by atoms with E-state index in [9.17, 15) is 0 Å². The van der Waals surface area contributed by atoms with Gasteiger partial charge in [0.05, 0.1) is 11.9 Å². The topological polar surface area (TPSA) is 44.8 Å². The molecule has 13 heavy (non-hydrogen) atoms. The zero-order valence-corrected chi connectivity index (χ0v) is 8.03. The smallest absolute Gasteiger partial charge is 0.0964 e. The zero-order chi connectivity index (χ0) is 9.10. The maximum Gasteiger partial charge on any atom is 0.0964 e. The summed E-state index contributed by atoms with van der Waals surface area (Å²) >= 11 is 0. The third kappa shape index (κ3) is 2.06. The predicted octanol–water partition coefficient (Wildman–Crippen LogP) is 1.18. The quantitative estimate of drug-likeness (QED) is 0.759. The van der Waals surface area contributed by atoms with Crippen molar-refractivity contribution < 1.29 is 0 Å². The lowest BCUT2D eigenvalue weighted by Gasteiger charge is -2.22. The Balaban J connectivity index is 1.87. The first-order chi connectivity index (χ1) is 6.36. The van der Waals surface area contributed by atoms with Crippen LogP contribution in [0.5, 0.6) is 0 Å². The van der Waals surface area contributed by atoms with Crippen molar-refractivity contribution in [1.82, 2.24) is 20.3 Å². The summed E-state index contributed by atoms with van der Waals surface area (Å²) in [5.74, 6) is 0. The van der Waals surface area contributed by atoms with E-state index in [1.54, 1.807) is 6.20 Å². The molecule has 1 aliphatic rings. The second-order valence-corrected chi connectivity index (χ2v) is 3.81. The van der Waals surface area contributed by atoms with E-state index in [1.165, 1.54) is 25.7 Å². The minimum atomic E-state index is 0.761. The highest BCUT2D eigenvalue weighted by Crippen LogP contribution is 2.22. The number of aromatic amines is 1. The molecule has 1 heterocycles. The summed E-state index contributed by atoms with van der Waals surface area (Å²) < 4.78 is 0. The first-order valence-electron chi connectivity index (χ1n) is 4.91. The fraction of sp³-hybridized carbons (Fsp3) is 0.778. The first-order valence-corrected chi connectivity index (χ1v) is 4.91. The van der Waals surface area contributed by atoms with Crippen molar-refractivity contribution in [2.24, 2.45) is 0 Å². The lowest BCUT2D eigenvalue weighted by Crippen LogP contribution is -2.28. The number of rotatable bonds is 3. The molecule has 1 N–H and O–H groups in total. The Labute approximate surface area is 78.3 Å². The highest BCUT2D eigenvalue weighted by Gasteiger charge is 2.19. The Bertz CT molecular complexity index is 238. The van der Waals surface area contributed by atoms with Gasteiger partial charge in [-0.1, -0.05) is 12.8 Å². The van der Waals surface area contributed by atoms with Crippen molar-refractivity contribution in [2.75, 3.05) is 7.05 Å². The van der Waals surface area contributed by atoms with Crippen LogP contribution in [-0.4, -0.2) is 33.4 Å². The van der Waals surface area contributed by atoms with Gasteiger partial charge >= 0.3 is 0 Å². The van der Waals surface area contributed by atoms with Crippen LogP contribution in [0.25, 0.3) is 0 Å². The number of H-pyrrole nitrogens is 1. The molecule has 1 fully saturated rings. The highest BCUT2D eigenvalue weighted by atomic mass is 15.3. The normalized spacial score (nSPS) is 18.6. The second kappa shape index (κ2) is 3.87. The van der Waals surface area contributed by atoms with Crippen molar-refractivity contribution in [3.63, 3.8) is 0 Å². The molecular formula is C9H16N4. The van der Waals surface area contributed by atoms with Gasteiger partial charge in [-0.3, -0.25) is 4.90 Å². The molecule has 0 unspecified atom stereocenters. The number of aromatic nitrogens is 3. The van der Waals surface area contributed by atoms with Crippen LogP contribution in [0.4, 0.5) is 0 Å². The maximum atomic E-state index is 4.05. The van der Waals surface area contributed by atoms with Crippen molar-refractivity contribution in [2.45, 2.75) is 38.3 Å². The Morgan fingerprint density at radius 2 is 2.31 bits per heavy atom. The SMILES string of the molecule is CN(Cc1cn[nH]n1)C1CCCC1. The molecule has 1 aromatic rings. The molecule has 1 aromatic heterocycles. The van der Waals surface area contributed by atoms with Crippen LogP contribution in [0.1, 0.15) is 31.4 Å². The van der Waals surface area contributed by atoms with Crippen molar-refractivity contribution in [3.05, 3.63) is 11.9 Å². The standard InChI is InChI=1S/C9H16N4/c1-13(9-4-2-3-5-9)7-8-6-10-12-11-8/h6,9H,2-5,7H2,1H3,(H,10,11,12). The van der Waals surface area contributed by atoms with Gasteiger partial charge in [0, 0.05) is 12.6 Å². The van der Waals surface area contributed by atoms with E-state index in [1.807, 2.05) is 0 Å². The third-order valence-electron chi connectivity index (χ3n) is 2.82. The summed E-state index contributed by atoms with van der Waals surface area (Å²) in [7, 11) is 2.17. The molecule has 0 radical (unpaired) electrons. The summed E-state index contributed by atoms with van der Waals surface area (Å²) in [6.07, 6.45) is 7.25. The zero-order valence-electron chi connectivity index (χ0n) is 8.03. The van der Waals surface area contributed by atoms with Crippen molar-refractivity contribution in [3.8, 4) is 0 Å². The van der Waals surface area contributed by atoms with Gasteiger partial charge in [-0.15, -0.1) is 0 Å². The van der Waals surface area contributed by atoms with Crippen LogP contribution in [-0.2, 0) is 6.54 Å². The molecule has 0 spiro atoms. The summed E-state index contributed by atoms with van der Waals surface area (Å²) in [5.41, 5.74) is 1.04. The molecule has 0 bridgehead atoms. The van der Waals surface area contributed by atoms with E-state index in [4.69, 9.17) is 0 Å². The molecule has 0 atom stereocenters.